The Labute approximate surface area is 143 Å². The number of carboxylic acids is 1. The molecule has 2 aromatic carbocycles. The summed E-state index contributed by atoms with van der Waals surface area (Å²) in [5.74, 6) is -1.95. The van der Waals surface area contributed by atoms with Crippen molar-refractivity contribution in [2.75, 3.05) is 18.0 Å². The van der Waals surface area contributed by atoms with Crippen LogP contribution < -0.4 is 4.90 Å². The number of hydrogen-bond acceptors (Lipinski definition) is 2. The Morgan fingerprint density at radius 2 is 1.91 bits per heavy atom. The fraction of sp³-hybridized carbons (Fsp3) is 0.235. The van der Waals surface area contributed by atoms with Crippen LogP contribution in [0.3, 0.4) is 0 Å². The van der Waals surface area contributed by atoms with E-state index in [-0.39, 0.29) is 11.5 Å². The molecule has 3 rings (SSSR count). The van der Waals surface area contributed by atoms with Crippen molar-refractivity contribution < 1.29 is 14.3 Å². The van der Waals surface area contributed by atoms with Gasteiger partial charge in [-0.05, 0) is 36.2 Å². The molecule has 1 atom stereocenters. The lowest BCUT2D eigenvalue weighted by Crippen LogP contribution is -2.19. The van der Waals surface area contributed by atoms with E-state index >= 15 is 0 Å². The molecule has 3 nitrogen and oxygen atoms in total. The average Bonchev–Trinajstić information content (AvgIpc) is 2.95. The third-order valence-corrected chi connectivity index (χ3v) is 4.54. The molecule has 1 aliphatic rings. The summed E-state index contributed by atoms with van der Waals surface area (Å²) in [4.78, 5) is 13.1. The molecule has 120 valence electrons. The Kier molecular flexibility index (Phi) is 4.46. The minimum atomic E-state index is -1.25. The molecular formula is C17H14Cl2FNO2. The topological polar surface area (TPSA) is 40.5 Å². The summed E-state index contributed by atoms with van der Waals surface area (Å²) in [6.45, 7) is 1.33. The van der Waals surface area contributed by atoms with Gasteiger partial charge in [-0.3, -0.25) is 0 Å². The van der Waals surface area contributed by atoms with Crippen molar-refractivity contribution in [1.82, 2.24) is 0 Å². The third kappa shape index (κ3) is 3.28. The van der Waals surface area contributed by atoms with E-state index in [0.717, 1.165) is 18.7 Å². The molecular weight excluding hydrogens is 340 g/mol. The van der Waals surface area contributed by atoms with Crippen molar-refractivity contribution in [3.63, 3.8) is 0 Å². The van der Waals surface area contributed by atoms with Crippen molar-refractivity contribution in [3.8, 4) is 0 Å². The second-order valence-electron chi connectivity index (χ2n) is 5.57. The molecule has 1 fully saturated rings. The van der Waals surface area contributed by atoms with Gasteiger partial charge in [-0.2, -0.15) is 0 Å². The number of aromatic carboxylic acids is 1. The Balaban J connectivity index is 1.85. The van der Waals surface area contributed by atoms with Crippen LogP contribution in [-0.4, -0.2) is 24.2 Å². The van der Waals surface area contributed by atoms with E-state index in [4.69, 9.17) is 28.3 Å². The summed E-state index contributed by atoms with van der Waals surface area (Å²) in [5.41, 5.74) is 1.05. The van der Waals surface area contributed by atoms with Gasteiger partial charge in [0.05, 0.1) is 5.56 Å². The molecule has 0 aromatic heterocycles. The van der Waals surface area contributed by atoms with E-state index in [0.29, 0.717) is 22.2 Å². The van der Waals surface area contributed by atoms with Gasteiger partial charge in [0.1, 0.15) is 5.82 Å². The minimum absolute atomic E-state index is 0.0629. The van der Waals surface area contributed by atoms with Gasteiger partial charge in [0.25, 0.3) is 0 Å². The summed E-state index contributed by atoms with van der Waals surface area (Å²) in [5, 5.41) is 10.1. The molecule has 0 radical (unpaired) electrons. The number of benzene rings is 2. The molecule has 0 spiro atoms. The van der Waals surface area contributed by atoms with Gasteiger partial charge in [-0.1, -0.05) is 35.3 Å². The van der Waals surface area contributed by atoms with Crippen LogP contribution in [0.1, 0.15) is 28.3 Å². The maximum Gasteiger partial charge on any atom is 0.338 e. The Morgan fingerprint density at radius 3 is 2.57 bits per heavy atom. The lowest BCUT2D eigenvalue weighted by atomic mass is 9.96. The Hall–Kier alpha value is -1.78. The highest BCUT2D eigenvalue weighted by Gasteiger charge is 2.28. The summed E-state index contributed by atoms with van der Waals surface area (Å²) in [6.07, 6.45) is 0.740. The standard InChI is InChI=1S/C17H14Cl2FNO2/c18-11-6-12(19)8-13(7-11)21-5-4-10(9-21)14-2-1-3-15(16(14)20)17(22)23/h1-3,6-8,10H,4-5,9H2,(H,22,23). The molecule has 0 saturated carbocycles. The summed E-state index contributed by atoms with van der Waals surface area (Å²) in [6, 6.07) is 9.82. The quantitative estimate of drug-likeness (QED) is 0.859. The second kappa shape index (κ2) is 6.38. The number of halogens is 3. The molecule has 0 aliphatic carbocycles. The highest BCUT2D eigenvalue weighted by molar-refractivity contribution is 6.35. The summed E-state index contributed by atoms with van der Waals surface area (Å²) in [7, 11) is 0. The normalized spacial score (nSPS) is 17.5. The zero-order chi connectivity index (χ0) is 16.6. The number of carbonyl (C=O) groups is 1. The van der Waals surface area contributed by atoms with Gasteiger partial charge in [0.2, 0.25) is 0 Å². The van der Waals surface area contributed by atoms with Gasteiger partial charge in [0.15, 0.2) is 0 Å². The number of nitrogens with zero attached hydrogens (tertiary/aromatic N) is 1. The highest BCUT2D eigenvalue weighted by Crippen LogP contribution is 2.34. The molecule has 2 aromatic rings. The first-order valence-corrected chi connectivity index (χ1v) is 7.94. The Morgan fingerprint density at radius 1 is 1.22 bits per heavy atom. The first-order chi connectivity index (χ1) is 11.0. The molecule has 1 aliphatic heterocycles. The van der Waals surface area contributed by atoms with E-state index in [1.165, 1.54) is 6.07 Å². The second-order valence-corrected chi connectivity index (χ2v) is 6.45. The molecule has 1 heterocycles. The van der Waals surface area contributed by atoms with Gasteiger partial charge >= 0.3 is 5.97 Å². The van der Waals surface area contributed by atoms with Crippen molar-refractivity contribution >= 4 is 34.9 Å². The van der Waals surface area contributed by atoms with Crippen molar-refractivity contribution in [3.05, 3.63) is 63.4 Å². The highest BCUT2D eigenvalue weighted by atomic mass is 35.5. The van der Waals surface area contributed by atoms with Crippen molar-refractivity contribution in [2.45, 2.75) is 12.3 Å². The van der Waals surface area contributed by atoms with Crippen LogP contribution in [0, 0.1) is 5.82 Å². The molecule has 6 heteroatoms. The number of carboxylic acid groups (broad SMARTS) is 1. The summed E-state index contributed by atoms with van der Waals surface area (Å²) < 4.78 is 14.4. The predicted octanol–water partition coefficient (Wildman–Crippen LogP) is 4.82. The monoisotopic (exact) mass is 353 g/mol. The van der Waals surface area contributed by atoms with E-state index in [2.05, 4.69) is 4.90 Å². The molecule has 0 amide bonds. The van der Waals surface area contributed by atoms with Crippen LogP contribution in [0.4, 0.5) is 10.1 Å². The van der Waals surface area contributed by atoms with Crippen LogP contribution in [0.2, 0.25) is 10.0 Å². The third-order valence-electron chi connectivity index (χ3n) is 4.10. The first-order valence-electron chi connectivity index (χ1n) is 7.18. The molecule has 23 heavy (non-hydrogen) atoms. The smallest absolute Gasteiger partial charge is 0.338 e. The lowest BCUT2D eigenvalue weighted by Gasteiger charge is -2.20. The minimum Gasteiger partial charge on any atom is -0.478 e. The van der Waals surface area contributed by atoms with Crippen LogP contribution in [0.5, 0.6) is 0 Å². The number of anilines is 1. The SMILES string of the molecule is O=C(O)c1cccc(C2CCN(c3cc(Cl)cc(Cl)c3)C2)c1F. The summed E-state index contributed by atoms with van der Waals surface area (Å²) >= 11 is 12.1. The van der Waals surface area contributed by atoms with Gasteiger partial charge < -0.3 is 10.0 Å². The van der Waals surface area contributed by atoms with E-state index in [9.17, 15) is 9.18 Å². The fourth-order valence-electron chi connectivity index (χ4n) is 3.00. The van der Waals surface area contributed by atoms with E-state index in [1.54, 1.807) is 18.2 Å². The van der Waals surface area contributed by atoms with Crippen molar-refractivity contribution in [1.29, 1.82) is 0 Å². The first kappa shape index (κ1) is 16.1. The van der Waals surface area contributed by atoms with Gasteiger partial charge in [-0.15, -0.1) is 0 Å². The fourth-order valence-corrected chi connectivity index (χ4v) is 3.52. The molecule has 1 unspecified atom stereocenters. The number of rotatable bonds is 3. The molecule has 0 bridgehead atoms. The number of hydrogen-bond donors (Lipinski definition) is 1. The maximum atomic E-state index is 14.4. The van der Waals surface area contributed by atoms with Crippen LogP contribution in [0.15, 0.2) is 36.4 Å². The zero-order valence-electron chi connectivity index (χ0n) is 12.1. The average molecular weight is 354 g/mol. The molecule has 1 N–H and O–H groups in total. The predicted molar refractivity (Wildman–Crippen MR) is 89.4 cm³/mol. The van der Waals surface area contributed by atoms with Gasteiger partial charge in [-0.25, -0.2) is 9.18 Å². The van der Waals surface area contributed by atoms with Crippen LogP contribution in [-0.2, 0) is 0 Å². The zero-order valence-corrected chi connectivity index (χ0v) is 13.6. The van der Waals surface area contributed by atoms with Crippen molar-refractivity contribution in [2.24, 2.45) is 0 Å². The Bertz CT molecular complexity index is 746. The van der Waals surface area contributed by atoms with Crippen LogP contribution in [0.25, 0.3) is 0 Å². The van der Waals surface area contributed by atoms with Gasteiger partial charge in [0, 0.05) is 34.7 Å². The largest absolute Gasteiger partial charge is 0.478 e. The molecule has 1 saturated heterocycles. The maximum absolute atomic E-state index is 14.4. The van der Waals surface area contributed by atoms with Crippen LogP contribution >= 0.6 is 23.2 Å². The lowest BCUT2D eigenvalue weighted by molar-refractivity contribution is 0.0691. The van der Waals surface area contributed by atoms with E-state index in [1.807, 2.05) is 12.1 Å². The van der Waals surface area contributed by atoms with E-state index < -0.39 is 11.8 Å².